The number of benzene rings is 1. The molecule has 0 spiro atoms. The van der Waals surface area contributed by atoms with E-state index in [-0.39, 0.29) is 0 Å². The topological polar surface area (TPSA) is 78.6 Å². The molecule has 1 atom stereocenters. The molecule has 1 unspecified atom stereocenters. The van der Waals surface area contributed by atoms with E-state index in [2.05, 4.69) is 0 Å². The van der Waals surface area contributed by atoms with Gasteiger partial charge in [0, 0.05) is 0 Å². The van der Waals surface area contributed by atoms with Crippen LogP contribution in [0.4, 0.5) is 0 Å². The maximum absolute atomic E-state index is 11.0. The van der Waals surface area contributed by atoms with Crippen molar-refractivity contribution in [2.75, 3.05) is 7.11 Å². The largest absolute Gasteiger partial charge is 0.497 e. The SMILES string of the molecule is COc1ccc2c(c1)CCCC2OS(N)(=O)=O. The Morgan fingerprint density at radius 1 is 1.41 bits per heavy atom. The smallest absolute Gasteiger partial charge is 0.333 e. The number of aryl methyl sites for hydroxylation is 1. The minimum atomic E-state index is -3.91. The van der Waals surface area contributed by atoms with Gasteiger partial charge in [-0.05, 0) is 42.5 Å². The van der Waals surface area contributed by atoms with Crippen molar-refractivity contribution in [3.8, 4) is 5.75 Å². The molecule has 0 amide bonds. The second kappa shape index (κ2) is 4.64. The Bertz CT molecular complexity index is 512. The predicted octanol–water partition coefficient (Wildman–Crippen LogP) is 1.29. The van der Waals surface area contributed by atoms with Crippen LogP contribution in [-0.4, -0.2) is 15.5 Å². The summed E-state index contributed by atoms with van der Waals surface area (Å²) < 4.78 is 31.9. The van der Waals surface area contributed by atoms with Crippen molar-refractivity contribution in [3.63, 3.8) is 0 Å². The van der Waals surface area contributed by atoms with Crippen LogP contribution in [0.25, 0.3) is 0 Å². The standard InChI is InChI=1S/C11H15NO4S/c1-15-9-5-6-10-8(7-9)3-2-4-11(10)16-17(12,13)14/h5-7,11H,2-4H2,1H3,(H2,12,13,14). The Balaban J connectivity index is 2.32. The molecule has 0 aromatic heterocycles. The molecule has 0 saturated carbocycles. The van der Waals surface area contributed by atoms with Gasteiger partial charge in [-0.1, -0.05) is 6.07 Å². The highest BCUT2D eigenvalue weighted by atomic mass is 32.2. The molecule has 0 heterocycles. The van der Waals surface area contributed by atoms with Crippen LogP contribution in [0.5, 0.6) is 5.75 Å². The van der Waals surface area contributed by atoms with Gasteiger partial charge in [-0.25, -0.2) is 5.14 Å². The van der Waals surface area contributed by atoms with E-state index < -0.39 is 16.4 Å². The van der Waals surface area contributed by atoms with Crippen molar-refractivity contribution >= 4 is 10.3 Å². The molecule has 1 aliphatic carbocycles. The van der Waals surface area contributed by atoms with Crippen molar-refractivity contribution in [3.05, 3.63) is 29.3 Å². The fourth-order valence-electron chi connectivity index (χ4n) is 2.13. The Morgan fingerprint density at radius 3 is 2.82 bits per heavy atom. The Hall–Kier alpha value is -1.11. The summed E-state index contributed by atoms with van der Waals surface area (Å²) in [4.78, 5) is 0. The van der Waals surface area contributed by atoms with Crippen LogP contribution in [0.1, 0.15) is 30.1 Å². The number of methoxy groups -OCH3 is 1. The van der Waals surface area contributed by atoms with Crippen LogP contribution in [0.2, 0.25) is 0 Å². The van der Waals surface area contributed by atoms with E-state index in [0.29, 0.717) is 6.42 Å². The molecule has 0 aliphatic heterocycles. The highest BCUT2D eigenvalue weighted by molar-refractivity contribution is 7.84. The molecule has 6 heteroatoms. The molecule has 17 heavy (non-hydrogen) atoms. The zero-order valence-electron chi connectivity index (χ0n) is 9.55. The number of fused-ring (bicyclic) bond motifs is 1. The van der Waals surface area contributed by atoms with Crippen LogP contribution >= 0.6 is 0 Å². The molecule has 0 radical (unpaired) electrons. The zero-order valence-corrected chi connectivity index (χ0v) is 10.4. The highest BCUT2D eigenvalue weighted by Gasteiger charge is 2.24. The monoisotopic (exact) mass is 257 g/mol. The zero-order chi connectivity index (χ0) is 12.5. The number of hydrogen-bond acceptors (Lipinski definition) is 4. The van der Waals surface area contributed by atoms with E-state index in [1.165, 1.54) is 0 Å². The van der Waals surface area contributed by atoms with Crippen molar-refractivity contribution in [1.82, 2.24) is 0 Å². The minimum absolute atomic E-state index is 0.473. The van der Waals surface area contributed by atoms with Crippen LogP contribution < -0.4 is 9.88 Å². The Labute approximate surface area is 101 Å². The summed E-state index contributed by atoms with van der Waals surface area (Å²) in [5.74, 6) is 0.764. The predicted molar refractivity (Wildman–Crippen MR) is 62.9 cm³/mol. The lowest BCUT2D eigenvalue weighted by atomic mass is 9.89. The normalized spacial score (nSPS) is 19.8. The Kier molecular flexibility index (Phi) is 3.37. The summed E-state index contributed by atoms with van der Waals surface area (Å²) in [5, 5.41) is 4.90. The van der Waals surface area contributed by atoms with Gasteiger partial charge in [0.05, 0.1) is 7.11 Å². The first kappa shape index (κ1) is 12.3. The summed E-state index contributed by atoms with van der Waals surface area (Å²) in [5.41, 5.74) is 1.94. The van der Waals surface area contributed by atoms with E-state index >= 15 is 0 Å². The fourth-order valence-corrected chi connectivity index (χ4v) is 2.66. The fraction of sp³-hybridized carbons (Fsp3) is 0.455. The number of nitrogens with two attached hydrogens (primary N) is 1. The van der Waals surface area contributed by atoms with Gasteiger partial charge >= 0.3 is 10.3 Å². The molecular weight excluding hydrogens is 242 g/mol. The number of hydrogen-bond donors (Lipinski definition) is 1. The second-order valence-corrected chi connectivity index (χ2v) is 5.21. The van der Waals surface area contributed by atoms with Gasteiger partial charge in [0.2, 0.25) is 0 Å². The molecule has 1 aromatic carbocycles. The molecule has 1 aliphatic rings. The van der Waals surface area contributed by atoms with Gasteiger partial charge in [-0.3, -0.25) is 4.18 Å². The van der Waals surface area contributed by atoms with Gasteiger partial charge < -0.3 is 4.74 Å². The summed E-state index contributed by atoms with van der Waals surface area (Å²) in [7, 11) is -2.31. The lowest BCUT2D eigenvalue weighted by Gasteiger charge is -2.24. The molecule has 0 saturated heterocycles. The van der Waals surface area contributed by atoms with Gasteiger partial charge in [0.1, 0.15) is 11.9 Å². The molecular formula is C11H15NO4S. The van der Waals surface area contributed by atoms with Crippen molar-refractivity contribution < 1.29 is 17.3 Å². The maximum Gasteiger partial charge on any atom is 0.333 e. The third kappa shape index (κ3) is 2.96. The first-order chi connectivity index (χ1) is 7.99. The first-order valence-electron chi connectivity index (χ1n) is 5.37. The second-order valence-electron chi connectivity index (χ2n) is 4.03. The Morgan fingerprint density at radius 2 is 2.18 bits per heavy atom. The van der Waals surface area contributed by atoms with Crippen LogP contribution in [0.15, 0.2) is 18.2 Å². The molecule has 0 fully saturated rings. The van der Waals surface area contributed by atoms with Crippen LogP contribution in [0.3, 0.4) is 0 Å². The molecule has 94 valence electrons. The quantitative estimate of drug-likeness (QED) is 0.885. The number of ether oxygens (including phenoxy) is 1. The first-order valence-corrected chi connectivity index (χ1v) is 6.84. The highest BCUT2D eigenvalue weighted by Crippen LogP contribution is 2.34. The van der Waals surface area contributed by atoms with Gasteiger partial charge in [-0.2, -0.15) is 8.42 Å². The van der Waals surface area contributed by atoms with E-state index in [9.17, 15) is 8.42 Å². The third-order valence-corrected chi connectivity index (χ3v) is 3.36. The van der Waals surface area contributed by atoms with Gasteiger partial charge in [0.15, 0.2) is 0 Å². The lowest BCUT2D eigenvalue weighted by Crippen LogP contribution is -2.22. The summed E-state index contributed by atoms with van der Waals surface area (Å²) in [6, 6.07) is 5.54. The van der Waals surface area contributed by atoms with Crippen LogP contribution in [-0.2, 0) is 20.9 Å². The summed E-state index contributed by atoms with van der Waals surface area (Å²) in [6.45, 7) is 0. The van der Waals surface area contributed by atoms with E-state index in [1.54, 1.807) is 13.2 Å². The molecule has 5 nitrogen and oxygen atoms in total. The van der Waals surface area contributed by atoms with Crippen molar-refractivity contribution in [2.24, 2.45) is 5.14 Å². The molecule has 2 N–H and O–H groups in total. The molecule has 0 bridgehead atoms. The van der Waals surface area contributed by atoms with Gasteiger partial charge in [0.25, 0.3) is 0 Å². The van der Waals surface area contributed by atoms with Crippen molar-refractivity contribution in [1.29, 1.82) is 0 Å². The maximum atomic E-state index is 11.0. The number of rotatable bonds is 3. The van der Waals surface area contributed by atoms with Crippen molar-refractivity contribution in [2.45, 2.75) is 25.4 Å². The van der Waals surface area contributed by atoms with Crippen LogP contribution in [0, 0.1) is 0 Å². The van der Waals surface area contributed by atoms with E-state index in [0.717, 1.165) is 29.7 Å². The summed E-state index contributed by atoms with van der Waals surface area (Å²) >= 11 is 0. The third-order valence-electron chi connectivity index (χ3n) is 2.86. The van der Waals surface area contributed by atoms with Gasteiger partial charge in [-0.15, -0.1) is 0 Å². The average Bonchev–Trinajstić information content (AvgIpc) is 2.26. The molecule has 1 aromatic rings. The lowest BCUT2D eigenvalue weighted by molar-refractivity contribution is 0.191. The molecule has 2 rings (SSSR count). The average molecular weight is 257 g/mol. The summed E-state index contributed by atoms with van der Waals surface area (Å²) in [6.07, 6.45) is 1.97. The van der Waals surface area contributed by atoms with E-state index in [4.69, 9.17) is 14.1 Å². The minimum Gasteiger partial charge on any atom is -0.497 e. The van der Waals surface area contributed by atoms with E-state index in [1.807, 2.05) is 12.1 Å².